The van der Waals surface area contributed by atoms with Gasteiger partial charge in [-0.1, -0.05) is 31.1 Å². The van der Waals surface area contributed by atoms with Crippen LogP contribution in [0.5, 0.6) is 5.75 Å². The highest BCUT2D eigenvalue weighted by molar-refractivity contribution is 5.40. The molecule has 0 spiro atoms. The molecule has 0 bridgehead atoms. The summed E-state index contributed by atoms with van der Waals surface area (Å²) in [7, 11) is 0. The van der Waals surface area contributed by atoms with Crippen LogP contribution < -0.4 is 10.1 Å². The third-order valence-corrected chi connectivity index (χ3v) is 3.13. The number of rotatable bonds is 4. The van der Waals surface area contributed by atoms with Crippen LogP contribution in [0.15, 0.2) is 22.6 Å². The molecule has 1 aliphatic heterocycles. The molecule has 1 aromatic carbocycles. The van der Waals surface area contributed by atoms with Crippen molar-refractivity contribution in [2.24, 2.45) is 0 Å². The molecular formula is C14H17N3O2. The lowest BCUT2D eigenvalue weighted by atomic mass is 10.1. The smallest absolute Gasteiger partial charge is 0.315 e. The van der Waals surface area contributed by atoms with Gasteiger partial charge in [0.2, 0.25) is 5.89 Å². The van der Waals surface area contributed by atoms with Crippen LogP contribution in [-0.4, -0.2) is 16.8 Å². The maximum atomic E-state index is 5.50. The molecule has 1 aromatic heterocycles. The Bertz CT molecular complexity index is 578. The first-order chi connectivity index (χ1) is 9.22. The fourth-order valence-electron chi connectivity index (χ4n) is 2.07. The fourth-order valence-corrected chi connectivity index (χ4v) is 2.07. The molecule has 0 aliphatic carbocycles. The quantitative estimate of drug-likeness (QED) is 0.914. The van der Waals surface area contributed by atoms with E-state index in [1.165, 1.54) is 11.1 Å². The van der Waals surface area contributed by atoms with Gasteiger partial charge in [-0.15, -0.1) is 5.10 Å². The van der Waals surface area contributed by atoms with Crippen LogP contribution in [0.2, 0.25) is 0 Å². The predicted molar refractivity (Wildman–Crippen MR) is 71.4 cm³/mol. The Hall–Kier alpha value is -2.04. The standard InChI is InChI=1S/C14H17N3O2/c1-9(2)13-16-17-14(19-13)15-8-10-3-4-12-11(7-10)5-6-18-12/h3-4,7,9H,5-6,8H2,1-2H3,(H,15,17). The highest BCUT2D eigenvalue weighted by Gasteiger charge is 2.13. The monoisotopic (exact) mass is 259 g/mol. The normalized spacial score (nSPS) is 13.4. The van der Waals surface area contributed by atoms with Crippen molar-refractivity contribution < 1.29 is 9.15 Å². The number of ether oxygens (including phenoxy) is 1. The average Bonchev–Trinajstić information content (AvgIpc) is 3.04. The summed E-state index contributed by atoms with van der Waals surface area (Å²) in [6, 6.07) is 6.71. The lowest BCUT2D eigenvalue weighted by Crippen LogP contribution is -1.99. The zero-order valence-electron chi connectivity index (χ0n) is 11.1. The lowest BCUT2D eigenvalue weighted by molar-refractivity contribution is 0.357. The molecule has 5 heteroatoms. The summed E-state index contributed by atoms with van der Waals surface area (Å²) in [6.07, 6.45) is 0.987. The van der Waals surface area contributed by atoms with Crippen molar-refractivity contribution in [3.05, 3.63) is 35.2 Å². The summed E-state index contributed by atoms with van der Waals surface area (Å²) in [4.78, 5) is 0. The lowest BCUT2D eigenvalue weighted by Gasteiger charge is -2.04. The maximum Gasteiger partial charge on any atom is 0.315 e. The minimum Gasteiger partial charge on any atom is -0.493 e. The Morgan fingerprint density at radius 2 is 2.21 bits per heavy atom. The molecule has 100 valence electrons. The number of hydrogen-bond donors (Lipinski definition) is 1. The summed E-state index contributed by atoms with van der Waals surface area (Å²) in [6.45, 7) is 5.51. The van der Waals surface area contributed by atoms with Crippen LogP contribution in [0.4, 0.5) is 6.01 Å². The molecule has 0 saturated heterocycles. The van der Waals surface area contributed by atoms with Gasteiger partial charge < -0.3 is 14.5 Å². The molecule has 0 amide bonds. The Labute approximate surface area is 112 Å². The van der Waals surface area contributed by atoms with Gasteiger partial charge in [0.05, 0.1) is 6.61 Å². The van der Waals surface area contributed by atoms with Gasteiger partial charge in [0, 0.05) is 18.9 Å². The number of anilines is 1. The second-order valence-electron chi connectivity index (χ2n) is 4.99. The Morgan fingerprint density at radius 1 is 1.32 bits per heavy atom. The minimum absolute atomic E-state index is 0.250. The van der Waals surface area contributed by atoms with E-state index in [-0.39, 0.29) is 5.92 Å². The zero-order valence-corrected chi connectivity index (χ0v) is 11.1. The zero-order chi connectivity index (χ0) is 13.2. The van der Waals surface area contributed by atoms with Gasteiger partial charge in [-0.25, -0.2) is 0 Å². The van der Waals surface area contributed by atoms with E-state index in [2.05, 4.69) is 27.6 Å². The van der Waals surface area contributed by atoms with E-state index in [0.717, 1.165) is 18.8 Å². The van der Waals surface area contributed by atoms with Crippen molar-refractivity contribution in [2.75, 3.05) is 11.9 Å². The van der Waals surface area contributed by atoms with E-state index in [9.17, 15) is 0 Å². The topological polar surface area (TPSA) is 60.2 Å². The minimum atomic E-state index is 0.250. The summed E-state index contributed by atoms with van der Waals surface area (Å²) >= 11 is 0. The molecule has 1 N–H and O–H groups in total. The van der Waals surface area contributed by atoms with Crippen molar-refractivity contribution in [2.45, 2.75) is 32.7 Å². The highest BCUT2D eigenvalue weighted by atomic mass is 16.5. The average molecular weight is 259 g/mol. The number of fused-ring (bicyclic) bond motifs is 1. The van der Waals surface area contributed by atoms with Crippen LogP contribution in [0, 0.1) is 0 Å². The van der Waals surface area contributed by atoms with Gasteiger partial charge in [-0.2, -0.15) is 0 Å². The summed E-state index contributed by atoms with van der Waals surface area (Å²) < 4.78 is 11.0. The molecule has 5 nitrogen and oxygen atoms in total. The molecule has 0 radical (unpaired) electrons. The van der Waals surface area contributed by atoms with Crippen molar-refractivity contribution in [1.29, 1.82) is 0 Å². The van der Waals surface area contributed by atoms with Crippen molar-refractivity contribution in [3.8, 4) is 5.75 Å². The Balaban J connectivity index is 1.65. The molecule has 0 fully saturated rings. The third kappa shape index (κ3) is 2.54. The second kappa shape index (κ2) is 4.91. The molecule has 2 aromatic rings. The van der Waals surface area contributed by atoms with Gasteiger partial charge in [-0.05, 0) is 17.2 Å². The van der Waals surface area contributed by atoms with Gasteiger partial charge in [0.25, 0.3) is 0 Å². The third-order valence-electron chi connectivity index (χ3n) is 3.13. The molecule has 1 aliphatic rings. The molecule has 19 heavy (non-hydrogen) atoms. The molecule has 0 atom stereocenters. The number of nitrogens with one attached hydrogen (secondary N) is 1. The van der Waals surface area contributed by atoms with Gasteiger partial charge in [0.1, 0.15) is 5.75 Å². The SMILES string of the molecule is CC(C)c1nnc(NCc2ccc3c(c2)CCO3)o1. The van der Waals surface area contributed by atoms with E-state index in [1.807, 2.05) is 19.9 Å². The second-order valence-corrected chi connectivity index (χ2v) is 4.99. The van der Waals surface area contributed by atoms with Gasteiger partial charge >= 0.3 is 6.01 Å². The number of aromatic nitrogens is 2. The molecule has 3 rings (SSSR count). The van der Waals surface area contributed by atoms with E-state index in [4.69, 9.17) is 9.15 Å². The highest BCUT2D eigenvalue weighted by Crippen LogP contribution is 2.26. The van der Waals surface area contributed by atoms with Crippen LogP contribution in [-0.2, 0) is 13.0 Å². The van der Waals surface area contributed by atoms with Gasteiger partial charge in [0.15, 0.2) is 0 Å². The van der Waals surface area contributed by atoms with Crippen LogP contribution >= 0.6 is 0 Å². The number of nitrogens with zero attached hydrogens (tertiary/aromatic N) is 2. The van der Waals surface area contributed by atoms with Crippen LogP contribution in [0.3, 0.4) is 0 Å². The first-order valence-corrected chi connectivity index (χ1v) is 6.54. The van der Waals surface area contributed by atoms with E-state index < -0.39 is 0 Å². The molecule has 0 saturated carbocycles. The van der Waals surface area contributed by atoms with Crippen molar-refractivity contribution in [3.63, 3.8) is 0 Å². The number of hydrogen-bond acceptors (Lipinski definition) is 5. The maximum absolute atomic E-state index is 5.50. The Kier molecular flexibility index (Phi) is 3.11. The van der Waals surface area contributed by atoms with Crippen LogP contribution in [0.25, 0.3) is 0 Å². The van der Waals surface area contributed by atoms with Crippen LogP contribution in [0.1, 0.15) is 36.8 Å². The van der Waals surface area contributed by atoms with E-state index in [1.54, 1.807) is 0 Å². The summed E-state index contributed by atoms with van der Waals surface area (Å²) in [5, 5.41) is 11.1. The van der Waals surface area contributed by atoms with Gasteiger partial charge in [-0.3, -0.25) is 0 Å². The van der Waals surface area contributed by atoms with E-state index >= 15 is 0 Å². The van der Waals surface area contributed by atoms with Crippen molar-refractivity contribution >= 4 is 6.01 Å². The molecule has 0 unspecified atom stereocenters. The molecular weight excluding hydrogens is 242 g/mol. The summed E-state index contributed by atoms with van der Waals surface area (Å²) in [5.41, 5.74) is 2.46. The summed E-state index contributed by atoms with van der Waals surface area (Å²) in [5.74, 6) is 1.91. The first kappa shape index (κ1) is 12.0. The largest absolute Gasteiger partial charge is 0.493 e. The first-order valence-electron chi connectivity index (χ1n) is 6.54. The molecule has 2 heterocycles. The Morgan fingerprint density at radius 3 is 3.00 bits per heavy atom. The fraction of sp³-hybridized carbons (Fsp3) is 0.429. The van der Waals surface area contributed by atoms with Crippen molar-refractivity contribution in [1.82, 2.24) is 10.2 Å². The number of benzene rings is 1. The van der Waals surface area contributed by atoms with E-state index in [0.29, 0.717) is 18.5 Å². The predicted octanol–water partition coefficient (Wildman–Crippen LogP) is 2.74.